The predicted octanol–water partition coefficient (Wildman–Crippen LogP) is 3.86. The van der Waals surface area contributed by atoms with Gasteiger partial charge in [-0.15, -0.1) is 0 Å². The second kappa shape index (κ2) is 5.95. The van der Waals surface area contributed by atoms with Crippen LogP contribution in [0.4, 0.5) is 5.69 Å². The molecule has 1 aliphatic rings. The van der Waals surface area contributed by atoms with E-state index in [9.17, 15) is 0 Å². The fourth-order valence-corrected chi connectivity index (χ4v) is 2.34. The van der Waals surface area contributed by atoms with Gasteiger partial charge in [0.15, 0.2) is 0 Å². The molecular formula is C15H23NO. The molecule has 2 nitrogen and oxygen atoms in total. The van der Waals surface area contributed by atoms with E-state index in [0.29, 0.717) is 5.92 Å². The number of ether oxygens (including phenoxy) is 1. The second-order valence-corrected chi connectivity index (χ2v) is 4.81. The predicted molar refractivity (Wildman–Crippen MR) is 72.8 cm³/mol. The molecule has 0 radical (unpaired) electrons. The molecule has 0 unspecified atom stereocenters. The van der Waals surface area contributed by atoms with Crippen LogP contribution in [0.2, 0.25) is 0 Å². The van der Waals surface area contributed by atoms with Gasteiger partial charge in [0.2, 0.25) is 0 Å². The average molecular weight is 233 g/mol. The molecule has 17 heavy (non-hydrogen) atoms. The molecule has 0 aromatic heterocycles. The number of rotatable bonds is 5. The number of fused-ring (bicyclic) bond motifs is 1. The third-order valence-electron chi connectivity index (χ3n) is 3.68. The largest absolute Gasteiger partial charge is 0.493 e. The molecule has 0 spiro atoms. The summed E-state index contributed by atoms with van der Waals surface area (Å²) in [5, 5.41) is 3.44. The Labute approximate surface area is 104 Å². The molecule has 1 N–H and O–H groups in total. The van der Waals surface area contributed by atoms with Gasteiger partial charge in [0.05, 0.1) is 6.61 Å². The van der Waals surface area contributed by atoms with E-state index in [4.69, 9.17) is 4.74 Å². The van der Waals surface area contributed by atoms with Crippen molar-refractivity contribution >= 4 is 5.69 Å². The third kappa shape index (κ3) is 2.93. The normalized spacial score (nSPS) is 14.3. The molecule has 1 heterocycles. The van der Waals surface area contributed by atoms with Crippen LogP contribution in [-0.4, -0.2) is 13.2 Å². The minimum atomic E-state index is 0.683. The first-order chi connectivity index (χ1) is 8.35. The molecule has 0 aliphatic carbocycles. The molecule has 2 rings (SSSR count). The molecule has 0 saturated heterocycles. The van der Waals surface area contributed by atoms with Gasteiger partial charge in [-0.3, -0.25) is 0 Å². The maximum Gasteiger partial charge on any atom is 0.124 e. The second-order valence-electron chi connectivity index (χ2n) is 4.81. The number of hydrogen-bond donors (Lipinski definition) is 1. The molecule has 0 atom stereocenters. The fraction of sp³-hybridized carbons (Fsp3) is 0.600. The topological polar surface area (TPSA) is 21.3 Å². The summed E-state index contributed by atoms with van der Waals surface area (Å²) in [6.07, 6.45) is 4.74. The van der Waals surface area contributed by atoms with Crippen molar-refractivity contribution in [3.8, 4) is 5.75 Å². The van der Waals surface area contributed by atoms with Crippen LogP contribution in [-0.2, 0) is 6.42 Å². The van der Waals surface area contributed by atoms with Gasteiger partial charge in [-0.1, -0.05) is 32.8 Å². The Hall–Kier alpha value is -1.18. The van der Waals surface area contributed by atoms with Gasteiger partial charge < -0.3 is 10.1 Å². The van der Waals surface area contributed by atoms with Crippen molar-refractivity contribution in [1.82, 2.24) is 0 Å². The number of anilines is 1. The van der Waals surface area contributed by atoms with E-state index >= 15 is 0 Å². The zero-order valence-electron chi connectivity index (χ0n) is 11.0. The Balaban J connectivity index is 2.05. The molecule has 1 aromatic carbocycles. The lowest BCUT2D eigenvalue weighted by Gasteiger charge is -2.22. The van der Waals surface area contributed by atoms with Crippen LogP contribution < -0.4 is 10.1 Å². The van der Waals surface area contributed by atoms with Crippen molar-refractivity contribution in [3.05, 3.63) is 23.8 Å². The molecular weight excluding hydrogens is 210 g/mol. The first-order valence-electron chi connectivity index (χ1n) is 6.83. The third-order valence-corrected chi connectivity index (χ3v) is 3.68. The van der Waals surface area contributed by atoms with E-state index < -0.39 is 0 Å². The molecule has 2 heteroatoms. The van der Waals surface area contributed by atoms with Crippen molar-refractivity contribution in [2.75, 3.05) is 18.5 Å². The summed E-state index contributed by atoms with van der Waals surface area (Å²) in [5.74, 6) is 1.77. The SMILES string of the molecule is CCC(CC)COc1cccc2c1CCCN2. The lowest BCUT2D eigenvalue weighted by Crippen LogP contribution is -2.15. The van der Waals surface area contributed by atoms with Crippen LogP contribution in [0.15, 0.2) is 18.2 Å². The van der Waals surface area contributed by atoms with Gasteiger partial charge in [-0.2, -0.15) is 0 Å². The highest BCUT2D eigenvalue weighted by atomic mass is 16.5. The summed E-state index contributed by atoms with van der Waals surface area (Å²) in [6.45, 7) is 6.41. The van der Waals surface area contributed by atoms with Gasteiger partial charge in [0, 0.05) is 17.8 Å². The van der Waals surface area contributed by atoms with Crippen molar-refractivity contribution in [2.24, 2.45) is 5.92 Å². The van der Waals surface area contributed by atoms with E-state index in [-0.39, 0.29) is 0 Å². The monoisotopic (exact) mass is 233 g/mol. The molecule has 0 bridgehead atoms. The van der Waals surface area contributed by atoms with Gasteiger partial charge in [0.1, 0.15) is 5.75 Å². The van der Waals surface area contributed by atoms with Crippen LogP contribution >= 0.6 is 0 Å². The maximum absolute atomic E-state index is 6.01. The smallest absolute Gasteiger partial charge is 0.124 e. The molecule has 0 saturated carbocycles. The van der Waals surface area contributed by atoms with Crippen LogP contribution in [0, 0.1) is 5.92 Å². The van der Waals surface area contributed by atoms with Gasteiger partial charge >= 0.3 is 0 Å². The molecule has 1 aliphatic heterocycles. The lowest BCUT2D eigenvalue weighted by molar-refractivity contribution is 0.238. The quantitative estimate of drug-likeness (QED) is 0.833. The maximum atomic E-state index is 6.01. The van der Waals surface area contributed by atoms with Crippen molar-refractivity contribution < 1.29 is 4.74 Å². The van der Waals surface area contributed by atoms with Gasteiger partial charge in [-0.25, -0.2) is 0 Å². The van der Waals surface area contributed by atoms with Crippen molar-refractivity contribution in [2.45, 2.75) is 39.5 Å². The summed E-state index contributed by atoms with van der Waals surface area (Å²) in [5.41, 5.74) is 2.63. The molecule has 0 fully saturated rings. The highest BCUT2D eigenvalue weighted by Crippen LogP contribution is 2.31. The van der Waals surface area contributed by atoms with Gasteiger partial charge in [0.25, 0.3) is 0 Å². The zero-order chi connectivity index (χ0) is 12.1. The summed E-state index contributed by atoms with van der Waals surface area (Å²) >= 11 is 0. The van der Waals surface area contributed by atoms with E-state index in [2.05, 4.69) is 37.4 Å². The highest BCUT2D eigenvalue weighted by Gasteiger charge is 2.14. The van der Waals surface area contributed by atoms with E-state index in [1.54, 1.807) is 0 Å². The Kier molecular flexibility index (Phi) is 4.29. The van der Waals surface area contributed by atoms with Crippen molar-refractivity contribution in [1.29, 1.82) is 0 Å². The summed E-state index contributed by atoms with van der Waals surface area (Å²) in [6, 6.07) is 6.34. The number of hydrogen-bond acceptors (Lipinski definition) is 2. The molecule has 94 valence electrons. The van der Waals surface area contributed by atoms with Crippen LogP contribution in [0.3, 0.4) is 0 Å². The summed E-state index contributed by atoms with van der Waals surface area (Å²) in [7, 11) is 0. The number of benzene rings is 1. The van der Waals surface area contributed by atoms with Crippen LogP contribution in [0.5, 0.6) is 5.75 Å². The van der Waals surface area contributed by atoms with Crippen molar-refractivity contribution in [3.63, 3.8) is 0 Å². The van der Waals surface area contributed by atoms with Gasteiger partial charge in [-0.05, 0) is 30.9 Å². The molecule has 0 amide bonds. The zero-order valence-corrected chi connectivity index (χ0v) is 11.0. The summed E-state index contributed by atoms with van der Waals surface area (Å²) < 4.78 is 6.01. The first kappa shape index (κ1) is 12.3. The minimum Gasteiger partial charge on any atom is -0.493 e. The van der Waals surface area contributed by atoms with E-state index in [0.717, 1.165) is 25.3 Å². The standard InChI is InChI=1S/C15H23NO/c1-3-12(4-2)11-17-15-9-5-8-14-13(15)7-6-10-16-14/h5,8-9,12,16H,3-4,6-7,10-11H2,1-2H3. The van der Waals surface area contributed by atoms with E-state index in [1.807, 2.05) is 0 Å². The van der Waals surface area contributed by atoms with Crippen LogP contribution in [0.25, 0.3) is 0 Å². The summed E-state index contributed by atoms with van der Waals surface area (Å²) in [4.78, 5) is 0. The fourth-order valence-electron chi connectivity index (χ4n) is 2.34. The Morgan fingerprint density at radius 1 is 1.29 bits per heavy atom. The number of nitrogens with one attached hydrogen (secondary N) is 1. The first-order valence-corrected chi connectivity index (χ1v) is 6.83. The van der Waals surface area contributed by atoms with Crippen LogP contribution in [0.1, 0.15) is 38.7 Å². The highest BCUT2D eigenvalue weighted by molar-refractivity contribution is 5.59. The Morgan fingerprint density at radius 3 is 2.88 bits per heavy atom. The minimum absolute atomic E-state index is 0.683. The average Bonchev–Trinajstić information content (AvgIpc) is 2.40. The Morgan fingerprint density at radius 2 is 2.12 bits per heavy atom. The molecule has 1 aromatic rings. The van der Waals surface area contributed by atoms with E-state index in [1.165, 1.54) is 30.5 Å². The Bertz CT molecular complexity index is 358. The lowest BCUT2D eigenvalue weighted by atomic mass is 10.0.